The molecule has 1 amide bonds. The number of carbonyl (C=O) groups excluding carboxylic acids is 1. The van der Waals surface area contributed by atoms with Crippen LogP contribution in [0.15, 0.2) is 24.4 Å². The van der Waals surface area contributed by atoms with Gasteiger partial charge in [-0.2, -0.15) is 0 Å². The highest BCUT2D eigenvalue weighted by atomic mass is 32.1. The van der Waals surface area contributed by atoms with Gasteiger partial charge in [-0.05, 0) is 38.8 Å². The molecule has 0 radical (unpaired) electrons. The van der Waals surface area contributed by atoms with Crippen molar-refractivity contribution in [2.45, 2.75) is 32.1 Å². The van der Waals surface area contributed by atoms with Crippen LogP contribution in [0.25, 0.3) is 0 Å². The second-order valence-electron chi connectivity index (χ2n) is 5.32. The summed E-state index contributed by atoms with van der Waals surface area (Å²) in [6.07, 6.45) is 3.98. The van der Waals surface area contributed by atoms with Crippen molar-refractivity contribution in [2.24, 2.45) is 0 Å². The van der Waals surface area contributed by atoms with Gasteiger partial charge in [-0.25, -0.2) is 4.98 Å². The summed E-state index contributed by atoms with van der Waals surface area (Å²) in [7, 11) is 0. The Balaban J connectivity index is 1.68. The standard InChI is InChI=1S/C15H17N3OS/c1-10-13(18-11(2)20-10)14(19)17-9-15(6-7-15)12-5-3-4-8-16-12/h3-5,8H,6-7,9H2,1-2H3,(H,17,19). The van der Waals surface area contributed by atoms with Crippen LogP contribution in [0.1, 0.15) is 38.9 Å². The van der Waals surface area contributed by atoms with Gasteiger partial charge in [-0.1, -0.05) is 6.07 Å². The predicted octanol–water partition coefficient (Wildman–Crippen LogP) is 2.62. The summed E-state index contributed by atoms with van der Waals surface area (Å²) in [5.74, 6) is -0.0749. The Morgan fingerprint density at radius 2 is 2.20 bits per heavy atom. The third-order valence-electron chi connectivity index (χ3n) is 3.77. The third-order valence-corrected chi connectivity index (χ3v) is 4.65. The molecule has 4 nitrogen and oxygen atoms in total. The molecule has 0 aromatic carbocycles. The number of aryl methyl sites for hydroxylation is 2. The Hall–Kier alpha value is -1.75. The van der Waals surface area contributed by atoms with Crippen molar-refractivity contribution < 1.29 is 4.79 Å². The third kappa shape index (κ3) is 2.45. The molecule has 20 heavy (non-hydrogen) atoms. The minimum atomic E-state index is -0.0749. The topological polar surface area (TPSA) is 54.9 Å². The normalized spacial score (nSPS) is 15.9. The number of nitrogens with one attached hydrogen (secondary N) is 1. The Morgan fingerprint density at radius 3 is 2.75 bits per heavy atom. The largest absolute Gasteiger partial charge is 0.350 e. The van der Waals surface area contributed by atoms with E-state index in [-0.39, 0.29) is 11.3 Å². The van der Waals surface area contributed by atoms with Gasteiger partial charge in [0.05, 0.1) is 5.01 Å². The van der Waals surface area contributed by atoms with E-state index in [4.69, 9.17) is 0 Å². The van der Waals surface area contributed by atoms with Gasteiger partial charge in [0.25, 0.3) is 5.91 Å². The van der Waals surface area contributed by atoms with E-state index in [2.05, 4.69) is 15.3 Å². The van der Waals surface area contributed by atoms with Crippen molar-refractivity contribution in [1.82, 2.24) is 15.3 Å². The lowest BCUT2D eigenvalue weighted by Gasteiger charge is -2.15. The zero-order valence-corrected chi connectivity index (χ0v) is 12.5. The molecule has 1 saturated carbocycles. The number of carbonyl (C=O) groups is 1. The Kier molecular flexibility index (Phi) is 3.30. The second-order valence-corrected chi connectivity index (χ2v) is 6.72. The maximum atomic E-state index is 12.2. The lowest BCUT2D eigenvalue weighted by atomic mass is 10.0. The lowest BCUT2D eigenvalue weighted by Crippen LogP contribution is -2.33. The number of hydrogen-bond acceptors (Lipinski definition) is 4. The zero-order valence-electron chi connectivity index (χ0n) is 11.6. The maximum Gasteiger partial charge on any atom is 0.271 e. The summed E-state index contributed by atoms with van der Waals surface area (Å²) in [6, 6.07) is 5.95. The molecular formula is C15H17N3OS. The smallest absolute Gasteiger partial charge is 0.271 e. The molecule has 5 heteroatoms. The number of nitrogens with zero attached hydrogens (tertiary/aromatic N) is 2. The van der Waals surface area contributed by atoms with Crippen molar-refractivity contribution in [3.05, 3.63) is 45.7 Å². The van der Waals surface area contributed by atoms with E-state index in [0.717, 1.165) is 28.4 Å². The van der Waals surface area contributed by atoms with Gasteiger partial charge in [0, 0.05) is 28.7 Å². The number of pyridine rings is 1. The summed E-state index contributed by atoms with van der Waals surface area (Å²) < 4.78 is 0. The van der Waals surface area contributed by atoms with E-state index in [0.29, 0.717) is 12.2 Å². The fourth-order valence-corrected chi connectivity index (χ4v) is 3.24. The average Bonchev–Trinajstić information content (AvgIpc) is 3.17. The molecule has 1 aliphatic rings. The lowest BCUT2D eigenvalue weighted by molar-refractivity contribution is 0.0944. The van der Waals surface area contributed by atoms with E-state index < -0.39 is 0 Å². The number of rotatable bonds is 4. The molecule has 0 aliphatic heterocycles. The van der Waals surface area contributed by atoms with Crippen molar-refractivity contribution in [1.29, 1.82) is 0 Å². The monoisotopic (exact) mass is 287 g/mol. The number of hydrogen-bond donors (Lipinski definition) is 1. The van der Waals surface area contributed by atoms with E-state index in [1.165, 1.54) is 0 Å². The van der Waals surface area contributed by atoms with Crippen LogP contribution >= 0.6 is 11.3 Å². The molecule has 1 aliphatic carbocycles. The molecule has 2 aromatic heterocycles. The predicted molar refractivity (Wildman–Crippen MR) is 79.1 cm³/mol. The maximum absolute atomic E-state index is 12.2. The van der Waals surface area contributed by atoms with Crippen LogP contribution in [0.4, 0.5) is 0 Å². The molecular weight excluding hydrogens is 270 g/mol. The van der Waals surface area contributed by atoms with Gasteiger partial charge in [0.1, 0.15) is 5.69 Å². The van der Waals surface area contributed by atoms with Crippen LogP contribution in [0, 0.1) is 13.8 Å². The molecule has 1 fully saturated rings. The van der Waals surface area contributed by atoms with Crippen LogP contribution in [0.3, 0.4) is 0 Å². The van der Waals surface area contributed by atoms with E-state index in [1.54, 1.807) is 11.3 Å². The molecule has 2 aromatic rings. The number of amides is 1. The second kappa shape index (κ2) is 4.98. The summed E-state index contributed by atoms with van der Waals surface area (Å²) >= 11 is 1.56. The van der Waals surface area contributed by atoms with Crippen molar-refractivity contribution >= 4 is 17.2 Å². The fraction of sp³-hybridized carbons (Fsp3) is 0.400. The highest BCUT2D eigenvalue weighted by molar-refractivity contribution is 7.11. The number of aromatic nitrogens is 2. The van der Waals surface area contributed by atoms with Crippen LogP contribution in [-0.2, 0) is 5.41 Å². The van der Waals surface area contributed by atoms with Gasteiger partial charge in [0.2, 0.25) is 0 Å². The first-order chi connectivity index (χ1) is 9.61. The van der Waals surface area contributed by atoms with E-state index in [9.17, 15) is 4.79 Å². The average molecular weight is 287 g/mol. The SMILES string of the molecule is Cc1nc(C(=O)NCC2(c3ccccn3)CC2)c(C)s1. The first-order valence-electron chi connectivity index (χ1n) is 6.74. The van der Waals surface area contributed by atoms with Gasteiger partial charge >= 0.3 is 0 Å². The first-order valence-corrected chi connectivity index (χ1v) is 7.56. The summed E-state index contributed by atoms with van der Waals surface area (Å²) in [5.41, 5.74) is 1.67. The highest BCUT2D eigenvalue weighted by Crippen LogP contribution is 2.46. The molecule has 0 atom stereocenters. The van der Waals surface area contributed by atoms with E-state index in [1.807, 2.05) is 38.2 Å². The molecule has 104 valence electrons. The van der Waals surface area contributed by atoms with Crippen molar-refractivity contribution in [3.63, 3.8) is 0 Å². The van der Waals surface area contributed by atoms with E-state index >= 15 is 0 Å². The molecule has 0 spiro atoms. The summed E-state index contributed by atoms with van der Waals surface area (Å²) in [5, 5.41) is 3.95. The summed E-state index contributed by atoms with van der Waals surface area (Å²) in [4.78, 5) is 21.9. The Morgan fingerprint density at radius 1 is 1.40 bits per heavy atom. The van der Waals surface area contributed by atoms with Crippen molar-refractivity contribution in [2.75, 3.05) is 6.54 Å². The van der Waals surface area contributed by atoms with Crippen LogP contribution in [0.2, 0.25) is 0 Å². The quantitative estimate of drug-likeness (QED) is 0.940. The summed E-state index contributed by atoms with van der Waals surface area (Å²) in [6.45, 7) is 4.49. The van der Waals surface area contributed by atoms with Crippen LogP contribution in [-0.4, -0.2) is 22.4 Å². The van der Waals surface area contributed by atoms with Gasteiger partial charge in [-0.3, -0.25) is 9.78 Å². The number of thiazole rings is 1. The molecule has 1 N–H and O–H groups in total. The molecule has 0 saturated heterocycles. The van der Waals surface area contributed by atoms with Crippen molar-refractivity contribution in [3.8, 4) is 0 Å². The van der Waals surface area contributed by atoms with Gasteiger partial charge < -0.3 is 5.32 Å². The minimum absolute atomic E-state index is 0.0376. The highest BCUT2D eigenvalue weighted by Gasteiger charge is 2.45. The minimum Gasteiger partial charge on any atom is -0.350 e. The van der Waals surface area contributed by atoms with Crippen LogP contribution in [0.5, 0.6) is 0 Å². The molecule has 0 bridgehead atoms. The zero-order chi connectivity index (χ0) is 14.2. The molecule has 0 unspecified atom stereocenters. The Bertz CT molecular complexity index is 632. The van der Waals surface area contributed by atoms with Crippen LogP contribution < -0.4 is 5.32 Å². The Labute approximate surface area is 122 Å². The first kappa shape index (κ1) is 13.2. The molecule has 3 rings (SSSR count). The van der Waals surface area contributed by atoms with Gasteiger partial charge in [0.15, 0.2) is 0 Å². The molecule has 2 heterocycles. The van der Waals surface area contributed by atoms with Gasteiger partial charge in [-0.15, -0.1) is 11.3 Å². The fourth-order valence-electron chi connectivity index (χ4n) is 2.42.